The number of halogens is 8. The number of hydrogen-bond acceptors (Lipinski definition) is 1. The number of benzene rings is 2. The third kappa shape index (κ3) is 6.42. The van der Waals surface area contributed by atoms with Crippen molar-refractivity contribution in [1.29, 1.82) is 0 Å². The smallest absolute Gasteiger partial charge is 0.352 e. The molecular formula is C22H17Cl2F6NO. The molecule has 172 valence electrons. The topological polar surface area (TPSA) is 29.1 Å². The predicted octanol–water partition coefficient (Wildman–Crippen LogP) is 7.40. The van der Waals surface area contributed by atoms with Crippen molar-refractivity contribution in [1.82, 2.24) is 5.32 Å². The zero-order valence-electron chi connectivity index (χ0n) is 16.3. The normalized spacial score (nSPS) is 15.8. The Morgan fingerprint density at radius 1 is 1.03 bits per heavy atom. The van der Waals surface area contributed by atoms with Crippen LogP contribution in [0, 0.1) is 5.92 Å². The van der Waals surface area contributed by atoms with Crippen LogP contribution in [-0.2, 0) is 17.5 Å². The standard InChI is InChI=1S/C22H17Cl2F6NO/c23-16-8-15(9-17(24)10-16)18(21(25,26)27)6-2-12-1-3-14(19(7-12)22(28,29)30)11-31-20(32)13-4-5-13/h1-3,6-10,13,18H,4-5,11H2,(H,31,32). The fraction of sp³-hybridized carbons (Fsp3) is 0.318. The van der Waals surface area contributed by atoms with Crippen molar-refractivity contribution in [3.05, 3.63) is 74.8 Å². The van der Waals surface area contributed by atoms with Gasteiger partial charge in [0, 0.05) is 22.5 Å². The van der Waals surface area contributed by atoms with E-state index >= 15 is 0 Å². The van der Waals surface area contributed by atoms with Gasteiger partial charge in [0.2, 0.25) is 5.91 Å². The largest absolute Gasteiger partial charge is 0.416 e. The Hall–Kier alpha value is -2.19. The van der Waals surface area contributed by atoms with Crippen molar-refractivity contribution in [3.63, 3.8) is 0 Å². The summed E-state index contributed by atoms with van der Waals surface area (Å²) < 4.78 is 81.3. The van der Waals surface area contributed by atoms with Gasteiger partial charge < -0.3 is 5.32 Å². The van der Waals surface area contributed by atoms with E-state index < -0.39 is 23.8 Å². The lowest BCUT2D eigenvalue weighted by Crippen LogP contribution is -2.25. The van der Waals surface area contributed by atoms with Crippen LogP contribution < -0.4 is 5.32 Å². The van der Waals surface area contributed by atoms with Gasteiger partial charge >= 0.3 is 12.4 Å². The molecule has 1 N–H and O–H groups in total. The summed E-state index contributed by atoms with van der Waals surface area (Å²) in [4.78, 5) is 11.7. The molecule has 10 heteroatoms. The summed E-state index contributed by atoms with van der Waals surface area (Å²) in [6.45, 7) is -0.319. The highest BCUT2D eigenvalue weighted by Crippen LogP contribution is 2.39. The molecule has 0 aromatic heterocycles. The summed E-state index contributed by atoms with van der Waals surface area (Å²) in [6, 6.07) is 6.65. The quantitative estimate of drug-likeness (QED) is 0.415. The van der Waals surface area contributed by atoms with Crippen molar-refractivity contribution in [2.45, 2.75) is 37.7 Å². The van der Waals surface area contributed by atoms with Gasteiger partial charge in [-0.3, -0.25) is 4.79 Å². The number of nitrogens with one attached hydrogen (secondary N) is 1. The Morgan fingerprint density at radius 2 is 1.66 bits per heavy atom. The molecule has 1 unspecified atom stereocenters. The molecule has 0 saturated heterocycles. The van der Waals surface area contributed by atoms with Gasteiger partial charge in [-0.25, -0.2) is 0 Å². The zero-order valence-corrected chi connectivity index (χ0v) is 17.8. The lowest BCUT2D eigenvalue weighted by Gasteiger charge is -2.18. The number of rotatable bonds is 6. The molecule has 1 fully saturated rings. The van der Waals surface area contributed by atoms with Crippen LogP contribution in [0.4, 0.5) is 26.3 Å². The Kier molecular flexibility index (Phi) is 7.15. The van der Waals surface area contributed by atoms with Gasteiger partial charge in [0.25, 0.3) is 0 Å². The molecule has 1 aliphatic carbocycles. The lowest BCUT2D eigenvalue weighted by molar-refractivity contribution is -0.140. The van der Waals surface area contributed by atoms with Crippen molar-refractivity contribution >= 4 is 35.2 Å². The minimum absolute atomic E-state index is 0.00658. The Morgan fingerprint density at radius 3 is 2.19 bits per heavy atom. The Bertz CT molecular complexity index is 1010. The van der Waals surface area contributed by atoms with Crippen LogP contribution in [0.5, 0.6) is 0 Å². The summed E-state index contributed by atoms with van der Waals surface area (Å²) in [6.07, 6.45) is -6.32. The second-order valence-corrected chi connectivity index (χ2v) is 8.36. The number of carbonyl (C=O) groups excluding carboxylic acids is 1. The summed E-state index contributed by atoms with van der Waals surface area (Å²) in [5.74, 6) is -2.59. The number of carbonyl (C=O) groups is 1. The summed E-state index contributed by atoms with van der Waals surface area (Å²) in [5.41, 5.74) is -1.50. The van der Waals surface area contributed by atoms with Crippen molar-refractivity contribution < 1.29 is 31.1 Å². The second kappa shape index (κ2) is 9.35. The van der Waals surface area contributed by atoms with Crippen LogP contribution in [0.1, 0.15) is 41.0 Å². The maximum atomic E-state index is 13.6. The highest BCUT2D eigenvalue weighted by Gasteiger charge is 2.39. The lowest BCUT2D eigenvalue weighted by atomic mass is 9.96. The average Bonchev–Trinajstić information content (AvgIpc) is 3.49. The number of alkyl halides is 6. The van der Waals surface area contributed by atoms with Gasteiger partial charge in [0.15, 0.2) is 0 Å². The first-order valence-corrected chi connectivity index (χ1v) is 10.3. The predicted molar refractivity (Wildman–Crippen MR) is 110 cm³/mol. The van der Waals surface area contributed by atoms with Crippen molar-refractivity contribution in [3.8, 4) is 0 Å². The molecule has 0 radical (unpaired) electrons. The molecule has 1 amide bonds. The van der Waals surface area contributed by atoms with E-state index in [1.165, 1.54) is 12.1 Å². The molecule has 0 spiro atoms. The van der Waals surface area contributed by atoms with Crippen LogP contribution in [0.2, 0.25) is 10.0 Å². The zero-order chi connectivity index (χ0) is 23.7. The molecule has 0 bridgehead atoms. The molecular weight excluding hydrogens is 479 g/mol. The summed E-state index contributed by atoms with van der Waals surface area (Å²) in [7, 11) is 0. The molecule has 3 rings (SSSR count). The van der Waals surface area contributed by atoms with E-state index in [2.05, 4.69) is 5.32 Å². The van der Waals surface area contributed by atoms with Gasteiger partial charge in [-0.2, -0.15) is 26.3 Å². The van der Waals surface area contributed by atoms with Gasteiger partial charge in [-0.15, -0.1) is 0 Å². The van der Waals surface area contributed by atoms with Gasteiger partial charge in [0.1, 0.15) is 0 Å². The Labute approximate surface area is 190 Å². The molecule has 1 atom stereocenters. The minimum atomic E-state index is -4.74. The molecule has 0 heterocycles. The molecule has 1 aliphatic rings. The molecule has 2 nitrogen and oxygen atoms in total. The molecule has 1 saturated carbocycles. The highest BCUT2D eigenvalue weighted by atomic mass is 35.5. The van der Waals surface area contributed by atoms with E-state index in [4.69, 9.17) is 23.2 Å². The van der Waals surface area contributed by atoms with Gasteiger partial charge in [-0.05, 0) is 53.8 Å². The van der Waals surface area contributed by atoms with Crippen LogP contribution >= 0.6 is 23.2 Å². The Balaban J connectivity index is 1.89. The van der Waals surface area contributed by atoms with E-state index in [1.54, 1.807) is 0 Å². The van der Waals surface area contributed by atoms with E-state index in [0.29, 0.717) is 12.8 Å². The number of amides is 1. The first-order chi connectivity index (χ1) is 14.8. The maximum absolute atomic E-state index is 13.6. The highest BCUT2D eigenvalue weighted by molar-refractivity contribution is 6.34. The first kappa shape index (κ1) is 24.5. The van der Waals surface area contributed by atoms with Crippen LogP contribution in [0.25, 0.3) is 6.08 Å². The van der Waals surface area contributed by atoms with Gasteiger partial charge in [0.05, 0.1) is 11.5 Å². The molecule has 2 aromatic carbocycles. The molecule has 32 heavy (non-hydrogen) atoms. The van der Waals surface area contributed by atoms with E-state index in [1.807, 2.05) is 0 Å². The van der Waals surface area contributed by atoms with Crippen LogP contribution in [-0.4, -0.2) is 12.1 Å². The van der Waals surface area contributed by atoms with Crippen LogP contribution in [0.3, 0.4) is 0 Å². The third-order valence-corrected chi connectivity index (χ3v) is 5.35. The SMILES string of the molecule is O=C(NCc1ccc(C=CC(c2cc(Cl)cc(Cl)c2)C(F)(F)F)cc1C(F)(F)F)C1CC1. The summed E-state index contributed by atoms with van der Waals surface area (Å²) in [5, 5.41) is 2.48. The first-order valence-electron chi connectivity index (χ1n) is 9.53. The number of allylic oxidation sites excluding steroid dienone is 1. The molecule has 0 aliphatic heterocycles. The summed E-state index contributed by atoms with van der Waals surface area (Å²) >= 11 is 11.6. The minimum Gasteiger partial charge on any atom is -0.352 e. The average molecular weight is 496 g/mol. The fourth-order valence-corrected chi connectivity index (χ4v) is 3.70. The van der Waals surface area contributed by atoms with E-state index in [-0.39, 0.29) is 45.1 Å². The second-order valence-electron chi connectivity index (χ2n) is 7.49. The monoisotopic (exact) mass is 495 g/mol. The van der Waals surface area contributed by atoms with E-state index in [9.17, 15) is 31.1 Å². The maximum Gasteiger partial charge on any atom is 0.416 e. The van der Waals surface area contributed by atoms with Gasteiger partial charge in [-0.1, -0.05) is 47.5 Å². The fourth-order valence-electron chi connectivity index (χ4n) is 3.16. The van der Waals surface area contributed by atoms with E-state index in [0.717, 1.165) is 36.4 Å². The van der Waals surface area contributed by atoms with Crippen LogP contribution in [0.15, 0.2) is 42.5 Å². The molecule has 2 aromatic rings. The van der Waals surface area contributed by atoms with Crippen molar-refractivity contribution in [2.75, 3.05) is 0 Å². The third-order valence-electron chi connectivity index (χ3n) is 4.92. The number of hydrogen-bond donors (Lipinski definition) is 1. The van der Waals surface area contributed by atoms with Crippen molar-refractivity contribution in [2.24, 2.45) is 5.92 Å².